The Morgan fingerprint density at radius 2 is 1.00 bits per heavy atom. The fourth-order valence-corrected chi connectivity index (χ4v) is 6.25. The van der Waals surface area contributed by atoms with Gasteiger partial charge in [-0.3, -0.25) is 0 Å². The smallest absolute Gasteiger partial charge is 0.408 e. The highest BCUT2D eigenvalue weighted by molar-refractivity contribution is 7.43. The molecule has 38 heavy (non-hydrogen) atoms. The summed E-state index contributed by atoms with van der Waals surface area (Å²) in [7, 11) is -1.78. The first kappa shape index (κ1) is 28.5. The van der Waals surface area contributed by atoms with Crippen LogP contribution in [0.3, 0.4) is 0 Å². The van der Waals surface area contributed by atoms with Crippen molar-refractivity contribution in [2.45, 2.75) is 106 Å². The Morgan fingerprint density at radius 1 is 0.579 bits per heavy atom. The third kappa shape index (κ3) is 6.04. The summed E-state index contributed by atoms with van der Waals surface area (Å²) in [5, 5.41) is 0. The zero-order valence-corrected chi connectivity index (χ0v) is 26.3. The van der Waals surface area contributed by atoms with E-state index in [9.17, 15) is 0 Å². The SMILES string of the molecule is Cc1ccc(OP2Oc3c(cc(C)cc3C(C)(C)C)Cc3cc(C)cc(C(C)(C)C)c3O2)c(C(C)(C)C)c1. The predicted octanol–water partition coefficient (Wildman–Crippen LogP) is 10.2. The van der Waals surface area contributed by atoms with Crippen molar-refractivity contribution < 1.29 is 13.6 Å². The third-order valence-corrected chi connectivity index (χ3v) is 8.07. The molecule has 0 bridgehead atoms. The van der Waals surface area contributed by atoms with Gasteiger partial charge >= 0.3 is 8.60 Å². The molecule has 0 unspecified atom stereocenters. The molecule has 0 amide bonds. The molecule has 0 radical (unpaired) electrons. The van der Waals surface area contributed by atoms with E-state index in [1.54, 1.807) is 0 Å². The van der Waals surface area contributed by atoms with Gasteiger partial charge in [-0.05, 0) is 54.2 Å². The molecule has 1 heterocycles. The fourth-order valence-electron chi connectivity index (χ4n) is 5.09. The molecule has 3 aromatic carbocycles. The van der Waals surface area contributed by atoms with Gasteiger partial charge in [-0.1, -0.05) is 115 Å². The zero-order valence-electron chi connectivity index (χ0n) is 25.4. The van der Waals surface area contributed by atoms with Crippen molar-refractivity contribution in [3.05, 3.63) is 87.0 Å². The van der Waals surface area contributed by atoms with Crippen molar-refractivity contribution >= 4 is 8.60 Å². The average molecular weight is 533 g/mol. The van der Waals surface area contributed by atoms with E-state index in [2.05, 4.69) is 126 Å². The molecule has 1 aliphatic rings. The maximum absolute atomic E-state index is 6.83. The zero-order chi connectivity index (χ0) is 28.2. The van der Waals surface area contributed by atoms with Gasteiger partial charge in [0.15, 0.2) is 0 Å². The van der Waals surface area contributed by atoms with Crippen LogP contribution in [0.15, 0.2) is 42.5 Å². The molecule has 0 saturated carbocycles. The molecule has 0 N–H and O–H groups in total. The Morgan fingerprint density at radius 3 is 1.42 bits per heavy atom. The maximum atomic E-state index is 6.83. The second-order valence-electron chi connectivity index (χ2n) is 14.0. The molecule has 0 atom stereocenters. The molecular formula is C34H45O3P. The van der Waals surface area contributed by atoms with Crippen LogP contribution in [0.1, 0.15) is 107 Å². The summed E-state index contributed by atoms with van der Waals surface area (Å²) >= 11 is 0. The van der Waals surface area contributed by atoms with Crippen molar-refractivity contribution in [3.63, 3.8) is 0 Å². The molecule has 0 spiro atoms. The molecular weight excluding hydrogens is 487 g/mol. The lowest BCUT2D eigenvalue weighted by atomic mass is 9.81. The van der Waals surface area contributed by atoms with E-state index in [4.69, 9.17) is 13.6 Å². The van der Waals surface area contributed by atoms with Crippen LogP contribution < -0.4 is 13.6 Å². The van der Waals surface area contributed by atoms with Crippen LogP contribution in [-0.4, -0.2) is 0 Å². The van der Waals surface area contributed by atoms with Crippen molar-refractivity contribution in [3.8, 4) is 17.2 Å². The third-order valence-electron chi connectivity index (χ3n) is 7.06. The molecule has 4 heteroatoms. The van der Waals surface area contributed by atoms with Crippen LogP contribution in [-0.2, 0) is 22.7 Å². The Hall–Kier alpha value is -2.51. The first-order chi connectivity index (χ1) is 17.4. The van der Waals surface area contributed by atoms with E-state index in [0.717, 1.165) is 29.2 Å². The van der Waals surface area contributed by atoms with Crippen LogP contribution in [0.4, 0.5) is 0 Å². The van der Waals surface area contributed by atoms with Crippen LogP contribution in [0, 0.1) is 20.8 Å². The number of hydrogen-bond donors (Lipinski definition) is 0. The van der Waals surface area contributed by atoms with E-state index in [-0.39, 0.29) is 16.2 Å². The number of benzene rings is 3. The van der Waals surface area contributed by atoms with Gasteiger partial charge in [0.2, 0.25) is 0 Å². The monoisotopic (exact) mass is 532 g/mol. The summed E-state index contributed by atoms with van der Waals surface area (Å²) in [5.41, 5.74) is 9.28. The van der Waals surface area contributed by atoms with Crippen LogP contribution in [0.25, 0.3) is 0 Å². The van der Waals surface area contributed by atoms with E-state index < -0.39 is 8.60 Å². The maximum Gasteiger partial charge on any atom is 0.530 e. The van der Waals surface area contributed by atoms with E-state index in [1.807, 2.05) is 0 Å². The van der Waals surface area contributed by atoms with Gasteiger partial charge in [0.25, 0.3) is 0 Å². The molecule has 0 aliphatic carbocycles. The normalized spacial score (nSPS) is 14.5. The van der Waals surface area contributed by atoms with Crippen molar-refractivity contribution in [1.29, 1.82) is 0 Å². The van der Waals surface area contributed by atoms with Crippen LogP contribution in [0.5, 0.6) is 17.2 Å². The Balaban J connectivity index is 1.95. The molecule has 0 fully saturated rings. The van der Waals surface area contributed by atoms with Gasteiger partial charge in [0.05, 0.1) is 0 Å². The molecule has 0 aromatic heterocycles. The summed E-state index contributed by atoms with van der Waals surface area (Å²) in [5.74, 6) is 2.60. The van der Waals surface area contributed by atoms with Gasteiger partial charge in [-0.2, -0.15) is 0 Å². The topological polar surface area (TPSA) is 27.7 Å². The molecule has 204 valence electrons. The minimum Gasteiger partial charge on any atom is -0.408 e. The lowest BCUT2D eigenvalue weighted by Crippen LogP contribution is -2.20. The number of aryl methyl sites for hydroxylation is 3. The molecule has 3 nitrogen and oxygen atoms in total. The van der Waals surface area contributed by atoms with Crippen LogP contribution >= 0.6 is 8.60 Å². The Labute approximate surface area is 231 Å². The number of hydrogen-bond acceptors (Lipinski definition) is 3. The Kier molecular flexibility index (Phi) is 7.43. The molecule has 4 rings (SSSR count). The first-order valence-electron chi connectivity index (χ1n) is 13.7. The summed E-state index contributed by atoms with van der Waals surface area (Å²) in [6, 6.07) is 15.4. The second-order valence-corrected chi connectivity index (χ2v) is 15.0. The highest BCUT2D eigenvalue weighted by atomic mass is 31.2. The summed E-state index contributed by atoms with van der Waals surface area (Å²) < 4.78 is 20.4. The van der Waals surface area contributed by atoms with Gasteiger partial charge in [-0.15, -0.1) is 0 Å². The van der Waals surface area contributed by atoms with E-state index >= 15 is 0 Å². The average Bonchev–Trinajstić information content (AvgIpc) is 2.74. The molecule has 1 aliphatic heterocycles. The van der Waals surface area contributed by atoms with Crippen molar-refractivity contribution in [2.75, 3.05) is 0 Å². The molecule has 0 saturated heterocycles. The molecule has 3 aromatic rings. The van der Waals surface area contributed by atoms with Crippen molar-refractivity contribution in [1.82, 2.24) is 0 Å². The van der Waals surface area contributed by atoms with E-state index in [0.29, 0.717) is 0 Å². The van der Waals surface area contributed by atoms with Crippen LogP contribution in [0.2, 0.25) is 0 Å². The number of rotatable bonds is 2. The quantitative estimate of drug-likeness (QED) is 0.307. The Bertz CT molecular complexity index is 1280. The first-order valence-corrected chi connectivity index (χ1v) is 14.8. The summed E-state index contributed by atoms with van der Waals surface area (Å²) in [6.45, 7) is 26.5. The van der Waals surface area contributed by atoms with Gasteiger partial charge in [-0.25, -0.2) is 0 Å². The van der Waals surface area contributed by atoms with Gasteiger partial charge in [0.1, 0.15) is 17.2 Å². The fraction of sp³-hybridized carbons (Fsp3) is 0.471. The number of fused-ring (bicyclic) bond motifs is 2. The lowest BCUT2D eigenvalue weighted by molar-refractivity contribution is 0.365. The van der Waals surface area contributed by atoms with Crippen molar-refractivity contribution in [2.24, 2.45) is 0 Å². The van der Waals surface area contributed by atoms with Gasteiger partial charge in [0, 0.05) is 23.1 Å². The minimum atomic E-state index is -1.78. The summed E-state index contributed by atoms with van der Waals surface area (Å²) in [4.78, 5) is 0. The lowest BCUT2D eigenvalue weighted by Gasteiger charge is -2.33. The summed E-state index contributed by atoms with van der Waals surface area (Å²) in [6.07, 6.45) is 0.751. The standard InChI is InChI=1S/C34H45O3P/c1-21-13-14-29(26(17-21)32(4,5)6)35-38-36-30-24(15-22(2)18-27(30)33(7,8)9)20-25-16-23(3)19-28(31(25)37-38)34(10,11)12/h13-19H,20H2,1-12H3. The largest absolute Gasteiger partial charge is 0.530 e. The van der Waals surface area contributed by atoms with Gasteiger partial charge < -0.3 is 13.6 Å². The minimum absolute atomic E-state index is 0.0867. The second kappa shape index (κ2) is 9.91. The highest BCUT2D eigenvalue weighted by Gasteiger charge is 2.34. The predicted molar refractivity (Wildman–Crippen MR) is 161 cm³/mol. The highest BCUT2D eigenvalue weighted by Crippen LogP contribution is 2.53. The van der Waals surface area contributed by atoms with E-state index in [1.165, 1.54) is 38.9 Å².